The van der Waals surface area contributed by atoms with E-state index in [1.165, 1.54) is 12.8 Å². The molecule has 24 heavy (non-hydrogen) atoms. The minimum Gasteiger partial charge on any atom is -0.355 e. The number of hydrogen-bond donors (Lipinski definition) is 1. The van der Waals surface area contributed by atoms with Crippen molar-refractivity contribution >= 4 is 15.7 Å². The predicted molar refractivity (Wildman–Crippen MR) is 91.3 cm³/mol. The Morgan fingerprint density at radius 3 is 2.83 bits per heavy atom. The van der Waals surface area contributed by atoms with Crippen molar-refractivity contribution < 1.29 is 13.2 Å². The minimum absolute atomic E-state index is 0.0230. The normalized spacial score (nSPS) is 21.5. The highest BCUT2D eigenvalue weighted by Gasteiger charge is 2.34. The topological polar surface area (TPSA) is 84.3 Å². The maximum absolute atomic E-state index is 12.6. The highest BCUT2D eigenvalue weighted by Crippen LogP contribution is 2.30. The number of aryl methyl sites for hydroxylation is 1. The molecule has 134 valence electrons. The van der Waals surface area contributed by atoms with E-state index in [2.05, 4.69) is 10.3 Å². The summed E-state index contributed by atoms with van der Waals surface area (Å²) in [5.41, 5.74) is 1.84. The van der Waals surface area contributed by atoms with Gasteiger partial charge in [-0.05, 0) is 18.8 Å². The van der Waals surface area contributed by atoms with E-state index in [1.807, 2.05) is 16.5 Å². The van der Waals surface area contributed by atoms with E-state index >= 15 is 0 Å². The Balaban J connectivity index is 1.71. The molecule has 1 amide bonds. The van der Waals surface area contributed by atoms with E-state index in [-0.39, 0.29) is 23.3 Å². The number of nitrogens with zero attached hydrogens (tertiary/aromatic N) is 3. The Morgan fingerprint density at radius 2 is 2.17 bits per heavy atom. The zero-order valence-corrected chi connectivity index (χ0v) is 15.2. The lowest BCUT2D eigenvalue weighted by Gasteiger charge is -2.32. The van der Waals surface area contributed by atoms with Crippen molar-refractivity contribution in [1.29, 1.82) is 0 Å². The summed E-state index contributed by atoms with van der Waals surface area (Å²) in [5, 5.41) is 3.05. The molecule has 1 saturated carbocycles. The van der Waals surface area contributed by atoms with E-state index < -0.39 is 9.84 Å². The Morgan fingerprint density at radius 1 is 1.42 bits per heavy atom. The van der Waals surface area contributed by atoms with E-state index in [9.17, 15) is 13.2 Å². The van der Waals surface area contributed by atoms with Gasteiger partial charge in [0.25, 0.3) is 0 Å². The van der Waals surface area contributed by atoms with Gasteiger partial charge in [-0.15, -0.1) is 0 Å². The maximum Gasteiger partial charge on any atom is 0.230 e. The summed E-state index contributed by atoms with van der Waals surface area (Å²) in [4.78, 5) is 19.1. The molecule has 2 heterocycles. The number of hydrogen-bond acceptors (Lipinski definition) is 5. The third-order valence-electron chi connectivity index (χ3n) is 4.94. The van der Waals surface area contributed by atoms with Gasteiger partial charge in [0.05, 0.1) is 29.4 Å². The Bertz CT molecular complexity index is 709. The second-order valence-electron chi connectivity index (χ2n) is 6.90. The Labute approximate surface area is 143 Å². The second kappa shape index (κ2) is 6.84. The molecule has 1 atom stereocenters. The first kappa shape index (κ1) is 17.4. The van der Waals surface area contributed by atoms with E-state index in [0.29, 0.717) is 25.6 Å². The molecule has 0 radical (unpaired) electrons. The molecular formula is C16H26N4O3S. The van der Waals surface area contributed by atoms with Gasteiger partial charge in [-0.1, -0.05) is 6.92 Å². The number of aromatic nitrogens is 2. The number of sulfone groups is 1. The van der Waals surface area contributed by atoms with Gasteiger partial charge in [0.15, 0.2) is 9.84 Å². The van der Waals surface area contributed by atoms with Crippen LogP contribution in [0, 0.1) is 5.92 Å². The molecule has 0 unspecified atom stereocenters. The lowest BCUT2D eigenvalue weighted by Crippen LogP contribution is -2.43. The molecule has 2 aliphatic rings. The third-order valence-corrected chi connectivity index (χ3v) is 6.63. The summed E-state index contributed by atoms with van der Waals surface area (Å²) >= 11 is 0. The molecule has 1 N–H and O–H groups in total. The average Bonchev–Trinajstić information content (AvgIpc) is 3.33. The number of imidazole rings is 1. The SMILES string of the molecule is CCS(=O)(=O)CCN1Cc2ncn(C)c2[C@@H](C(=O)NCC2CC2)C1. The van der Waals surface area contributed by atoms with E-state index in [4.69, 9.17) is 0 Å². The van der Waals surface area contributed by atoms with Crippen molar-refractivity contribution in [3.8, 4) is 0 Å². The molecule has 8 heteroatoms. The number of rotatable bonds is 7. The van der Waals surface area contributed by atoms with Crippen LogP contribution in [-0.2, 0) is 28.2 Å². The summed E-state index contributed by atoms with van der Waals surface area (Å²) < 4.78 is 25.4. The van der Waals surface area contributed by atoms with Gasteiger partial charge >= 0.3 is 0 Å². The third kappa shape index (κ3) is 3.97. The van der Waals surface area contributed by atoms with Gasteiger partial charge < -0.3 is 9.88 Å². The summed E-state index contributed by atoms with van der Waals surface area (Å²) in [5.74, 6) is 0.650. The van der Waals surface area contributed by atoms with Crippen LogP contribution in [0.2, 0.25) is 0 Å². The molecule has 1 aromatic rings. The molecule has 7 nitrogen and oxygen atoms in total. The molecule has 3 rings (SSSR count). The lowest BCUT2D eigenvalue weighted by atomic mass is 9.97. The van der Waals surface area contributed by atoms with Crippen molar-refractivity contribution in [2.45, 2.75) is 32.2 Å². The molecule has 1 aromatic heterocycles. The van der Waals surface area contributed by atoms with Gasteiger partial charge in [-0.3, -0.25) is 9.69 Å². The fourth-order valence-corrected chi connectivity index (χ4v) is 3.98. The van der Waals surface area contributed by atoms with Crippen molar-refractivity contribution in [3.05, 3.63) is 17.7 Å². The van der Waals surface area contributed by atoms with Crippen molar-refractivity contribution in [3.63, 3.8) is 0 Å². The summed E-state index contributed by atoms with van der Waals surface area (Å²) in [7, 11) is -1.10. The first-order valence-corrected chi connectivity index (χ1v) is 10.4. The van der Waals surface area contributed by atoms with Crippen LogP contribution in [0.4, 0.5) is 0 Å². The van der Waals surface area contributed by atoms with Crippen LogP contribution in [-0.4, -0.2) is 59.9 Å². The van der Waals surface area contributed by atoms with Crippen LogP contribution >= 0.6 is 0 Å². The number of nitrogens with one attached hydrogen (secondary N) is 1. The number of carbonyl (C=O) groups is 1. The van der Waals surface area contributed by atoms with Crippen LogP contribution in [0.3, 0.4) is 0 Å². The summed E-state index contributed by atoms with van der Waals surface area (Å²) in [6.07, 6.45) is 4.13. The zero-order valence-electron chi connectivity index (χ0n) is 14.4. The fraction of sp³-hybridized carbons (Fsp3) is 0.750. The molecule has 1 fully saturated rings. The Kier molecular flexibility index (Phi) is 4.96. The van der Waals surface area contributed by atoms with E-state index in [0.717, 1.165) is 17.9 Å². The monoisotopic (exact) mass is 354 g/mol. The van der Waals surface area contributed by atoms with E-state index in [1.54, 1.807) is 13.3 Å². The van der Waals surface area contributed by atoms with Crippen molar-refractivity contribution in [2.75, 3.05) is 31.1 Å². The molecule has 1 aliphatic carbocycles. The second-order valence-corrected chi connectivity index (χ2v) is 9.37. The van der Waals surface area contributed by atoms with Gasteiger partial charge in [0, 0.05) is 39.0 Å². The predicted octanol–water partition coefficient (Wildman–Crippen LogP) is 0.280. The highest BCUT2D eigenvalue weighted by molar-refractivity contribution is 7.91. The number of amides is 1. The Hall–Kier alpha value is -1.41. The van der Waals surface area contributed by atoms with Gasteiger partial charge in [0.1, 0.15) is 0 Å². The van der Waals surface area contributed by atoms with Crippen LogP contribution in [0.25, 0.3) is 0 Å². The van der Waals surface area contributed by atoms with Gasteiger partial charge in [-0.2, -0.15) is 0 Å². The quantitative estimate of drug-likeness (QED) is 0.760. The molecule has 1 aliphatic heterocycles. The van der Waals surface area contributed by atoms with Crippen molar-refractivity contribution in [2.24, 2.45) is 13.0 Å². The number of carbonyl (C=O) groups excluding carboxylic acids is 1. The summed E-state index contributed by atoms with van der Waals surface area (Å²) in [6, 6.07) is 0. The molecule has 0 aromatic carbocycles. The minimum atomic E-state index is -3.01. The zero-order chi connectivity index (χ0) is 17.3. The maximum atomic E-state index is 12.6. The molecular weight excluding hydrogens is 328 g/mol. The standard InChI is InChI=1S/C16H26N4O3S/c1-3-24(22,23)7-6-20-9-13(16(21)17-8-12-4-5-12)15-14(10-20)18-11-19(15)2/h11-13H,3-10H2,1-2H3,(H,17,21)/t13-/m0/s1. The van der Waals surface area contributed by atoms with Crippen LogP contribution < -0.4 is 5.32 Å². The van der Waals surface area contributed by atoms with Crippen molar-refractivity contribution in [1.82, 2.24) is 19.8 Å². The number of fused-ring (bicyclic) bond motifs is 1. The van der Waals surface area contributed by atoms with Crippen LogP contribution in [0.15, 0.2) is 6.33 Å². The average molecular weight is 354 g/mol. The molecule has 0 spiro atoms. The van der Waals surface area contributed by atoms with Crippen LogP contribution in [0.1, 0.15) is 37.1 Å². The highest BCUT2D eigenvalue weighted by atomic mass is 32.2. The lowest BCUT2D eigenvalue weighted by molar-refractivity contribution is -0.123. The molecule has 0 saturated heterocycles. The van der Waals surface area contributed by atoms with Crippen LogP contribution in [0.5, 0.6) is 0 Å². The van der Waals surface area contributed by atoms with Gasteiger partial charge in [-0.25, -0.2) is 13.4 Å². The first-order chi connectivity index (χ1) is 11.4. The first-order valence-electron chi connectivity index (χ1n) is 8.60. The smallest absolute Gasteiger partial charge is 0.230 e. The fourth-order valence-electron chi connectivity index (χ4n) is 3.16. The molecule has 0 bridgehead atoms. The largest absolute Gasteiger partial charge is 0.355 e. The van der Waals surface area contributed by atoms with Gasteiger partial charge in [0.2, 0.25) is 5.91 Å². The summed E-state index contributed by atoms with van der Waals surface area (Å²) in [6.45, 7) is 3.99.